The Hall–Kier alpha value is -2.40. The SMILES string of the molecule is CC(=O)c1cc(-c2ccccc2S(C)(=O)=O)c2ccccn12. The van der Waals surface area contributed by atoms with Gasteiger partial charge in [-0.1, -0.05) is 24.3 Å². The van der Waals surface area contributed by atoms with E-state index < -0.39 is 9.84 Å². The van der Waals surface area contributed by atoms with E-state index in [4.69, 9.17) is 0 Å². The number of carbonyl (C=O) groups is 1. The highest BCUT2D eigenvalue weighted by atomic mass is 32.2. The molecule has 0 radical (unpaired) electrons. The minimum absolute atomic E-state index is 0.0655. The topological polar surface area (TPSA) is 55.6 Å². The summed E-state index contributed by atoms with van der Waals surface area (Å²) in [6, 6.07) is 14.2. The Balaban J connectivity index is 2.40. The van der Waals surface area contributed by atoms with Gasteiger partial charge in [-0.05, 0) is 24.3 Å². The van der Waals surface area contributed by atoms with E-state index in [0.717, 1.165) is 11.1 Å². The monoisotopic (exact) mass is 313 g/mol. The van der Waals surface area contributed by atoms with Crippen molar-refractivity contribution >= 4 is 21.1 Å². The molecular formula is C17H15NO3S. The standard InChI is InChI=1S/C17H15NO3S/c1-12(19)16-11-14(15-8-5-6-10-18(15)16)13-7-3-4-9-17(13)22(2,20)21/h3-11H,1-2H3. The number of ketones is 1. The van der Waals surface area contributed by atoms with Crippen LogP contribution in [0.3, 0.4) is 0 Å². The summed E-state index contributed by atoms with van der Waals surface area (Å²) in [5, 5.41) is 0. The van der Waals surface area contributed by atoms with Crippen LogP contribution >= 0.6 is 0 Å². The number of carbonyl (C=O) groups excluding carboxylic acids is 1. The Morgan fingerprint density at radius 2 is 1.68 bits per heavy atom. The van der Waals surface area contributed by atoms with Gasteiger partial charge < -0.3 is 4.40 Å². The summed E-state index contributed by atoms with van der Waals surface area (Å²) >= 11 is 0. The average Bonchev–Trinajstić information content (AvgIpc) is 2.86. The van der Waals surface area contributed by atoms with Crippen molar-refractivity contribution < 1.29 is 13.2 Å². The van der Waals surface area contributed by atoms with Gasteiger partial charge in [-0.15, -0.1) is 0 Å². The highest BCUT2D eigenvalue weighted by Crippen LogP contribution is 2.33. The molecule has 0 amide bonds. The molecule has 0 spiro atoms. The van der Waals surface area contributed by atoms with E-state index in [-0.39, 0.29) is 10.7 Å². The van der Waals surface area contributed by atoms with Crippen molar-refractivity contribution in [3.05, 3.63) is 60.4 Å². The molecule has 4 nitrogen and oxygen atoms in total. The molecule has 2 heterocycles. The zero-order valence-electron chi connectivity index (χ0n) is 12.3. The zero-order valence-corrected chi connectivity index (χ0v) is 13.1. The second-order valence-corrected chi connectivity index (χ2v) is 7.21. The summed E-state index contributed by atoms with van der Waals surface area (Å²) < 4.78 is 25.8. The van der Waals surface area contributed by atoms with Gasteiger partial charge in [-0.25, -0.2) is 8.42 Å². The number of nitrogens with zero attached hydrogens (tertiary/aromatic N) is 1. The van der Waals surface area contributed by atoms with Gasteiger partial charge in [-0.2, -0.15) is 0 Å². The number of Topliss-reactive ketones (excluding diaryl/α,β-unsaturated/α-hetero) is 1. The fourth-order valence-corrected chi connectivity index (χ4v) is 3.56. The molecular weight excluding hydrogens is 298 g/mol. The Morgan fingerprint density at radius 1 is 1.00 bits per heavy atom. The van der Waals surface area contributed by atoms with Crippen LogP contribution < -0.4 is 0 Å². The molecule has 0 aliphatic rings. The Bertz CT molecular complexity index is 984. The lowest BCUT2D eigenvalue weighted by Crippen LogP contribution is -1.99. The van der Waals surface area contributed by atoms with Crippen molar-refractivity contribution in [1.82, 2.24) is 4.40 Å². The lowest BCUT2D eigenvalue weighted by atomic mass is 10.1. The third-order valence-electron chi connectivity index (χ3n) is 3.61. The molecule has 112 valence electrons. The number of sulfone groups is 1. The lowest BCUT2D eigenvalue weighted by molar-refractivity contribution is 0.101. The van der Waals surface area contributed by atoms with Crippen molar-refractivity contribution in [3.8, 4) is 11.1 Å². The first-order valence-corrected chi connectivity index (χ1v) is 8.69. The number of pyridine rings is 1. The van der Waals surface area contributed by atoms with Crippen LogP contribution in [0.15, 0.2) is 59.6 Å². The molecule has 0 unspecified atom stereocenters. The minimum atomic E-state index is -3.36. The maximum atomic E-state index is 12.0. The van der Waals surface area contributed by atoms with Gasteiger partial charge in [-0.3, -0.25) is 4.79 Å². The van der Waals surface area contributed by atoms with Crippen molar-refractivity contribution in [2.24, 2.45) is 0 Å². The maximum absolute atomic E-state index is 12.0. The Morgan fingerprint density at radius 3 is 2.36 bits per heavy atom. The van der Waals surface area contributed by atoms with E-state index in [1.807, 2.05) is 18.2 Å². The molecule has 0 aliphatic heterocycles. The number of rotatable bonds is 3. The van der Waals surface area contributed by atoms with E-state index in [9.17, 15) is 13.2 Å². The smallest absolute Gasteiger partial charge is 0.176 e. The molecule has 0 aliphatic carbocycles. The van der Waals surface area contributed by atoms with Crippen molar-refractivity contribution in [2.75, 3.05) is 6.26 Å². The van der Waals surface area contributed by atoms with Crippen LogP contribution in [0, 0.1) is 0 Å². The van der Waals surface area contributed by atoms with Crippen LogP contribution in [0.2, 0.25) is 0 Å². The van der Waals surface area contributed by atoms with Crippen LogP contribution in [0.1, 0.15) is 17.4 Å². The molecule has 0 saturated carbocycles. The minimum Gasteiger partial charge on any atom is -0.313 e. The van der Waals surface area contributed by atoms with E-state index in [0.29, 0.717) is 11.3 Å². The van der Waals surface area contributed by atoms with E-state index in [1.54, 1.807) is 40.9 Å². The lowest BCUT2D eigenvalue weighted by Gasteiger charge is -2.07. The average molecular weight is 313 g/mol. The first-order chi connectivity index (χ1) is 10.4. The second-order valence-electron chi connectivity index (χ2n) is 5.22. The van der Waals surface area contributed by atoms with Crippen LogP contribution in [0.25, 0.3) is 16.6 Å². The summed E-state index contributed by atoms with van der Waals surface area (Å²) in [7, 11) is -3.36. The number of benzene rings is 1. The molecule has 1 aromatic carbocycles. The first-order valence-electron chi connectivity index (χ1n) is 6.80. The van der Waals surface area contributed by atoms with Crippen LogP contribution in [0.5, 0.6) is 0 Å². The molecule has 22 heavy (non-hydrogen) atoms. The van der Waals surface area contributed by atoms with Crippen molar-refractivity contribution in [3.63, 3.8) is 0 Å². The first kappa shape index (κ1) is 14.5. The van der Waals surface area contributed by atoms with E-state index in [2.05, 4.69) is 0 Å². The molecule has 0 saturated heterocycles. The normalized spacial score (nSPS) is 11.7. The summed E-state index contributed by atoms with van der Waals surface area (Å²) in [6.07, 6.45) is 2.99. The number of fused-ring (bicyclic) bond motifs is 1. The summed E-state index contributed by atoms with van der Waals surface area (Å²) in [4.78, 5) is 12.1. The molecule has 0 bridgehead atoms. The predicted molar refractivity (Wildman–Crippen MR) is 85.9 cm³/mol. The van der Waals surface area contributed by atoms with Crippen LogP contribution in [0.4, 0.5) is 0 Å². The van der Waals surface area contributed by atoms with Gasteiger partial charge in [0, 0.05) is 30.5 Å². The molecule has 0 fully saturated rings. The summed E-state index contributed by atoms with van der Waals surface area (Å²) in [5.41, 5.74) is 2.70. The van der Waals surface area contributed by atoms with Crippen LogP contribution in [-0.2, 0) is 9.84 Å². The van der Waals surface area contributed by atoms with Crippen molar-refractivity contribution in [1.29, 1.82) is 0 Å². The predicted octanol–water partition coefficient (Wildman–Crippen LogP) is 3.21. The Labute approximate surface area is 128 Å². The van der Waals surface area contributed by atoms with Crippen molar-refractivity contribution in [2.45, 2.75) is 11.8 Å². The Kier molecular flexibility index (Phi) is 3.37. The fraction of sp³-hybridized carbons (Fsp3) is 0.118. The molecule has 0 atom stereocenters. The fourth-order valence-electron chi connectivity index (χ4n) is 2.65. The largest absolute Gasteiger partial charge is 0.313 e. The van der Waals surface area contributed by atoms with E-state index >= 15 is 0 Å². The third kappa shape index (κ3) is 2.33. The van der Waals surface area contributed by atoms with Gasteiger partial charge in [0.2, 0.25) is 0 Å². The third-order valence-corrected chi connectivity index (χ3v) is 4.77. The highest BCUT2D eigenvalue weighted by Gasteiger charge is 2.19. The van der Waals surface area contributed by atoms with Crippen LogP contribution in [-0.4, -0.2) is 24.9 Å². The molecule has 0 N–H and O–H groups in total. The number of aromatic nitrogens is 1. The molecule has 3 aromatic rings. The summed E-state index contributed by atoms with van der Waals surface area (Å²) in [6.45, 7) is 1.50. The number of hydrogen-bond acceptors (Lipinski definition) is 3. The highest BCUT2D eigenvalue weighted by molar-refractivity contribution is 7.90. The van der Waals surface area contributed by atoms with Gasteiger partial charge in [0.15, 0.2) is 15.6 Å². The van der Waals surface area contributed by atoms with Gasteiger partial charge in [0.05, 0.1) is 16.1 Å². The summed E-state index contributed by atoms with van der Waals surface area (Å²) in [5.74, 6) is -0.0655. The maximum Gasteiger partial charge on any atom is 0.176 e. The molecule has 3 rings (SSSR count). The van der Waals surface area contributed by atoms with Gasteiger partial charge >= 0.3 is 0 Å². The second kappa shape index (κ2) is 5.10. The molecule has 5 heteroatoms. The zero-order chi connectivity index (χ0) is 15.9. The number of hydrogen-bond donors (Lipinski definition) is 0. The molecule has 2 aromatic heterocycles. The van der Waals surface area contributed by atoms with E-state index in [1.165, 1.54) is 13.2 Å². The van der Waals surface area contributed by atoms with Gasteiger partial charge in [0.1, 0.15) is 0 Å². The quantitative estimate of drug-likeness (QED) is 0.698. The van der Waals surface area contributed by atoms with Gasteiger partial charge in [0.25, 0.3) is 0 Å².